The Kier molecular flexibility index (Phi) is 3.88. The SMILES string of the molecule is CC(C)C1(O)CN(C(=O)c2ccc(OC(F)(F)F)cc2)C1. The Morgan fingerprint density at radius 1 is 1.29 bits per heavy atom. The summed E-state index contributed by atoms with van der Waals surface area (Å²) in [5.74, 6) is -0.663. The lowest BCUT2D eigenvalue weighted by atomic mass is 9.82. The van der Waals surface area contributed by atoms with E-state index in [-0.39, 0.29) is 36.2 Å². The second kappa shape index (κ2) is 5.22. The molecule has 0 atom stereocenters. The van der Waals surface area contributed by atoms with Crippen LogP contribution in [-0.2, 0) is 0 Å². The highest BCUT2D eigenvalue weighted by Gasteiger charge is 2.45. The van der Waals surface area contributed by atoms with E-state index in [1.165, 1.54) is 17.0 Å². The van der Waals surface area contributed by atoms with Crippen molar-refractivity contribution in [3.63, 3.8) is 0 Å². The quantitative estimate of drug-likeness (QED) is 0.933. The zero-order chi connectivity index (χ0) is 15.8. The number of hydrogen-bond acceptors (Lipinski definition) is 3. The molecule has 0 saturated carbocycles. The Bertz CT molecular complexity index is 519. The molecule has 1 N–H and O–H groups in total. The largest absolute Gasteiger partial charge is 0.573 e. The second-order valence-electron chi connectivity index (χ2n) is 5.49. The molecule has 0 unspecified atom stereocenters. The normalized spacial score (nSPS) is 17.6. The maximum atomic E-state index is 12.1. The van der Waals surface area contributed by atoms with E-state index in [1.54, 1.807) is 0 Å². The summed E-state index contributed by atoms with van der Waals surface area (Å²) in [6, 6.07) is 4.73. The molecule has 1 aromatic rings. The molecule has 1 aliphatic rings. The highest BCUT2D eigenvalue weighted by Crippen LogP contribution is 2.30. The van der Waals surface area contributed by atoms with Gasteiger partial charge in [0.2, 0.25) is 0 Å². The molecule has 1 aliphatic heterocycles. The van der Waals surface area contributed by atoms with Crippen LogP contribution in [0.15, 0.2) is 24.3 Å². The fourth-order valence-electron chi connectivity index (χ4n) is 2.11. The molecule has 7 heteroatoms. The van der Waals surface area contributed by atoms with Crippen LogP contribution in [0.4, 0.5) is 13.2 Å². The first-order chi connectivity index (χ1) is 9.61. The summed E-state index contributed by atoms with van der Waals surface area (Å²) in [5, 5.41) is 10.1. The van der Waals surface area contributed by atoms with E-state index in [0.717, 1.165) is 12.1 Å². The summed E-state index contributed by atoms with van der Waals surface area (Å²) in [7, 11) is 0. The first kappa shape index (κ1) is 15.6. The molecule has 0 bridgehead atoms. The number of carbonyl (C=O) groups is 1. The topological polar surface area (TPSA) is 49.8 Å². The van der Waals surface area contributed by atoms with Crippen LogP contribution in [0.2, 0.25) is 0 Å². The number of amides is 1. The number of ether oxygens (including phenoxy) is 1. The Morgan fingerprint density at radius 2 is 1.81 bits per heavy atom. The Labute approximate surface area is 120 Å². The number of alkyl halides is 3. The molecule has 116 valence electrons. The van der Waals surface area contributed by atoms with Crippen LogP contribution in [-0.4, -0.2) is 41.0 Å². The van der Waals surface area contributed by atoms with Gasteiger partial charge < -0.3 is 14.7 Å². The fraction of sp³-hybridized carbons (Fsp3) is 0.500. The highest BCUT2D eigenvalue weighted by atomic mass is 19.4. The van der Waals surface area contributed by atoms with Crippen LogP contribution in [0.1, 0.15) is 24.2 Å². The van der Waals surface area contributed by atoms with Gasteiger partial charge in [-0.1, -0.05) is 13.8 Å². The molecule has 1 heterocycles. The summed E-state index contributed by atoms with van der Waals surface area (Å²) < 4.78 is 39.8. The highest BCUT2D eigenvalue weighted by molar-refractivity contribution is 5.95. The van der Waals surface area contributed by atoms with E-state index < -0.39 is 12.0 Å². The number of nitrogens with zero attached hydrogens (tertiary/aromatic N) is 1. The van der Waals surface area contributed by atoms with E-state index in [4.69, 9.17) is 0 Å². The number of β-amino-alcohol motifs (C(OH)–C–C–N with tert-alkyl or cyclic N) is 1. The minimum Gasteiger partial charge on any atom is -0.406 e. The molecule has 21 heavy (non-hydrogen) atoms. The maximum Gasteiger partial charge on any atom is 0.573 e. The molecule has 1 aromatic carbocycles. The van der Waals surface area contributed by atoms with Crippen molar-refractivity contribution in [2.24, 2.45) is 5.92 Å². The number of carbonyl (C=O) groups excluding carboxylic acids is 1. The van der Waals surface area contributed by atoms with Crippen LogP contribution >= 0.6 is 0 Å². The van der Waals surface area contributed by atoms with Crippen LogP contribution in [0.5, 0.6) is 5.75 Å². The molecular formula is C14H16F3NO3. The third kappa shape index (κ3) is 3.47. The molecule has 0 spiro atoms. The number of benzene rings is 1. The number of halogens is 3. The minimum atomic E-state index is -4.75. The van der Waals surface area contributed by atoms with Crippen molar-refractivity contribution in [1.29, 1.82) is 0 Å². The second-order valence-corrected chi connectivity index (χ2v) is 5.49. The van der Waals surface area contributed by atoms with Crippen LogP contribution in [0, 0.1) is 5.92 Å². The van der Waals surface area contributed by atoms with Crippen molar-refractivity contribution in [3.8, 4) is 5.75 Å². The van der Waals surface area contributed by atoms with E-state index in [1.807, 2.05) is 13.8 Å². The standard InChI is InChI=1S/C14H16F3NO3/c1-9(2)13(20)7-18(8-13)12(19)10-3-5-11(6-4-10)21-14(15,16)17/h3-6,9,20H,7-8H2,1-2H3. The molecule has 4 nitrogen and oxygen atoms in total. The van der Waals surface area contributed by atoms with Gasteiger partial charge in [-0.2, -0.15) is 0 Å². The van der Waals surface area contributed by atoms with Crippen molar-refractivity contribution in [3.05, 3.63) is 29.8 Å². The van der Waals surface area contributed by atoms with Gasteiger partial charge in [-0.3, -0.25) is 4.79 Å². The molecule has 0 aliphatic carbocycles. The van der Waals surface area contributed by atoms with Gasteiger partial charge >= 0.3 is 6.36 Å². The van der Waals surface area contributed by atoms with Gasteiger partial charge in [0.1, 0.15) is 11.4 Å². The Morgan fingerprint density at radius 3 is 2.24 bits per heavy atom. The van der Waals surface area contributed by atoms with Gasteiger partial charge in [-0.15, -0.1) is 13.2 Å². The predicted octanol–water partition coefficient (Wildman–Crippen LogP) is 2.43. The number of likely N-dealkylation sites (tertiary alicyclic amines) is 1. The lowest BCUT2D eigenvalue weighted by Crippen LogP contribution is -2.65. The van der Waals surface area contributed by atoms with Crippen molar-refractivity contribution >= 4 is 5.91 Å². The molecule has 1 saturated heterocycles. The number of hydrogen-bond donors (Lipinski definition) is 1. The molecular weight excluding hydrogens is 287 g/mol. The third-order valence-electron chi connectivity index (χ3n) is 3.63. The molecule has 0 radical (unpaired) electrons. The Hall–Kier alpha value is -1.76. The zero-order valence-corrected chi connectivity index (χ0v) is 11.6. The van der Waals surface area contributed by atoms with E-state index in [2.05, 4.69) is 4.74 Å². The summed E-state index contributed by atoms with van der Waals surface area (Å²) >= 11 is 0. The van der Waals surface area contributed by atoms with Gasteiger partial charge in [0, 0.05) is 5.56 Å². The molecule has 2 rings (SSSR count). The summed E-state index contributed by atoms with van der Waals surface area (Å²) in [6.07, 6.45) is -4.75. The molecule has 1 fully saturated rings. The van der Waals surface area contributed by atoms with Crippen molar-refractivity contribution < 1.29 is 27.8 Å². The first-order valence-corrected chi connectivity index (χ1v) is 6.48. The van der Waals surface area contributed by atoms with Crippen molar-refractivity contribution in [2.45, 2.75) is 25.8 Å². The first-order valence-electron chi connectivity index (χ1n) is 6.48. The van der Waals surface area contributed by atoms with E-state index >= 15 is 0 Å². The van der Waals surface area contributed by atoms with E-state index in [9.17, 15) is 23.1 Å². The fourth-order valence-corrected chi connectivity index (χ4v) is 2.11. The average molecular weight is 303 g/mol. The molecule has 1 amide bonds. The van der Waals surface area contributed by atoms with Gasteiger partial charge in [0.15, 0.2) is 0 Å². The molecule has 0 aromatic heterocycles. The predicted molar refractivity (Wildman–Crippen MR) is 68.8 cm³/mol. The third-order valence-corrected chi connectivity index (χ3v) is 3.63. The van der Waals surface area contributed by atoms with Gasteiger partial charge in [0.25, 0.3) is 5.91 Å². The van der Waals surface area contributed by atoms with Crippen molar-refractivity contribution in [2.75, 3.05) is 13.1 Å². The van der Waals surface area contributed by atoms with Crippen LogP contribution < -0.4 is 4.74 Å². The monoisotopic (exact) mass is 303 g/mol. The average Bonchev–Trinajstić information content (AvgIpc) is 2.33. The maximum absolute atomic E-state index is 12.1. The van der Waals surface area contributed by atoms with Crippen LogP contribution in [0.25, 0.3) is 0 Å². The van der Waals surface area contributed by atoms with Gasteiger partial charge in [-0.25, -0.2) is 0 Å². The van der Waals surface area contributed by atoms with Crippen LogP contribution in [0.3, 0.4) is 0 Å². The zero-order valence-electron chi connectivity index (χ0n) is 11.6. The van der Waals surface area contributed by atoms with Gasteiger partial charge in [-0.05, 0) is 30.2 Å². The number of rotatable bonds is 3. The van der Waals surface area contributed by atoms with Crippen molar-refractivity contribution in [1.82, 2.24) is 4.90 Å². The summed E-state index contributed by atoms with van der Waals surface area (Å²) in [4.78, 5) is 13.5. The summed E-state index contributed by atoms with van der Waals surface area (Å²) in [6.45, 7) is 4.19. The summed E-state index contributed by atoms with van der Waals surface area (Å²) in [5.41, 5.74) is -0.620. The number of aliphatic hydroxyl groups is 1. The Balaban J connectivity index is 1.99. The lowest BCUT2D eigenvalue weighted by molar-refractivity contribution is -0.274. The van der Waals surface area contributed by atoms with Gasteiger partial charge in [0.05, 0.1) is 13.1 Å². The lowest BCUT2D eigenvalue weighted by Gasteiger charge is -2.49. The van der Waals surface area contributed by atoms with E-state index in [0.29, 0.717) is 0 Å². The smallest absolute Gasteiger partial charge is 0.406 e. The minimum absolute atomic E-state index is 0.0316.